The van der Waals surface area contributed by atoms with Gasteiger partial charge in [-0.05, 0) is 48.6 Å². The molecule has 28 heavy (non-hydrogen) atoms. The fourth-order valence-electron chi connectivity index (χ4n) is 3.91. The second kappa shape index (κ2) is 8.80. The molecule has 5 heteroatoms. The topological polar surface area (TPSA) is 43.3 Å². The second-order valence-corrected chi connectivity index (χ2v) is 7.79. The minimum atomic E-state index is 0.0249. The average molecular weight is 397 g/mol. The molecule has 0 atom stereocenters. The molecule has 1 aromatic heterocycles. The van der Waals surface area contributed by atoms with E-state index in [1.807, 2.05) is 54.6 Å². The van der Waals surface area contributed by atoms with Crippen LogP contribution >= 0.6 is 11.6 Å². The van der Waals surface area contributed by atoms with Gasteiger partial charge in [-0.3, -0.25) is 4.79 Å². The van der Waals surface area contributed by atoms with Crippen LogP contribution in [-0.2, 0) is 13.1 Å². The van der Waals surface area contributed by atoms with E-state index in [1.54, 1.807) is 4.57 Å². The predicted octanol–water partition coefficient (Wildman–Crippen LogP) is 4.77. The Hall–Kier alpha value is -2.30. The number of rotatable bonds is 7. The lowest BCUT2D eigenvalue weighted by Gasteiger charge is -2.16. The van der Waals surface area contributed by atoms with Crippen LogP contribution in [0, 0.1) is 0 Å². The summed E-state index contributed by atoms with van der Waals surface area (Å²) in [6, 6.07) is 17.9. The van der Waals surface area contributed by atoms with Crippen molar-refractivity contribution in [2.45, 2.75) is 44.8 Å². The summed E-state index contributed by atoms with van der Waals surface area (Å²) in [6.45, 7) is 1.49. The standard InChI is InChI=1S/C23H25ClN2O2/c24-19-11-10-17-14-18(16-25-20-6-4-5-7-20)23(27)26(22(17)15-19)12-13-28-21-8-2-1-3-9-21/h1-3,8-11,14-15,20,25H,4-7,12-13,16H2. The van der Waals surface area contributed by atoms with E-state index in [0.29, 0.717) is 30.8 Å². The van der Waals surface area contributed by atoms with Crippen LogP contribution in [0.2, 0.25) is 5.02 Å². The smallest absolute Gasteiger partial charge is 0.255 e. The van der Waals surface area contributed by atoms with E-state index in [4.69, 9.17) is 16.3 Å². The van der Waals surface area contributed by atoms with Crippen molar-refractivity contribution >= 4 is 22.5 Å². The Morgan fingerprint density at radius 2 is 1.86 bits per heavy atom. The highest BCUT2D eigenvalue weighted by molar-refractivity contribution is 6.31. The van der Waals surface area contributed by atoms with Gasteiger partial charge in [0.25, 0.3) is 5.56 Å². The van der Waals surface area contributed by atoms with Crippen molar-refractivity contribution in [3.63, 3.8) is 0 Å². The maximum absolute atomic E-state index is 13.2. The Morgan fingerprint density at radius 1 is 1.07 bits per heavy atom. The number of halogens is 1. The third kappa shape index (κ3) is 4.40. The van der Waals surface area contributed by atoms with Crippen molar-refractivity contribution in [2.75, 3.05) is 6.61 Å². The van der Waals surface area contributed by atoms with Gasteiger partial charge in [-0.15, -0.1) is 0 Å². The summed E-state index contributed by atoms with van der Waals surface area (Å²) in [5.74, 6) is 0.803. The first-order valence-corrected chi connectivity index (χ1v) is 10.3. The molecule has 0 spiro atoms. The Kier molecular flexibility index (Phi) is 5.98. The molecule has 1 heterocycles. The fraction of sp³-hybridized carbons (Fsp3) is 0.348. The van der Waals surface area contributed by atoms with Crippen molar-refractivity contribution in [1.29, 1.82) is 0 Å². The molecular formula is C23H25ClN2O2. The van der Waals surface area contributed by atoms with Gasteiger partial charge in [0.15, 0.2) is 0 Å². The molecule has 1 saturated carbocycles. The number of para-hydroxylation sites is 1. The first-order valence-electron chi connectivity index (χ1n) is 9.94. The summed E-state index contributed by atoms with van der Waals surface area (Å²) in [4.78, 5) is 13.2. The van der Waals surface area contributed by atoms with E-state index in [-0.39, 0.29) is 5.56 Å². The van der Waals surface area contributed by atoms with Crippen LogP contribution in [0.1, 0.15) is 31.2 Å². The number of pyridine rings is 1. The monoisotopic (exact) mass is 396 g/mol. The molecule has 0 saturated heterocycles. The molecule has 0 radical (unpaired) electrons. The van der Waals surface area contributed by atoms with Crippen LogP contribution in [0.3, 0.4) is 0 Å². The number of hydrogen-bond acceptors (Lipinski definition) is 3. The van der Waals surface area contributed by atoms with Gasteiger partial charge in [0.1, 0.15) is 12.4 Å². The Labute approximate surface area is 170 Å². The highest BCUT2D eigenvalue weighted by Crippen LogP contribution is 2.21. The molecule has 146 valence electrons. The van der Waals surface area contributed by atoms with Crippen LogP contribution < -0.4 is 15.6 Å². The highest BCUT2D eigenvalue weighted by Gasteiger charge is 2.16. The van der Waals surface area contributed by atoms with E-state index in [1.165, 1.54) is 25.7 Å². The molecule has 2 aromatic carbocycles. The van der Waals surface area contributed by atoms with Crippen LogP contribution in [0.5, 0.6) is 5.75 Å². The van der Waals surface area contributed by atoms with Gasteiger partial charge in [0.05, 0.1) is 12.1 Å². The fourth-order valence-corrected chi connectivity index (χ4v) is 4.08. The van der Waals surface area contributed by atoms with Gasteiger partial charge in [0, 0.05) is 23.2 Å². The normalized spacial score (nSPS) is 14.6. The molecule has 0 bridgehead atoms. The molecule has 1 aliphatic rings. The summed E-state index contributed by atoms with van der Waals surface area (Å²) in [6.07, 6.45) is 4.94. The summed E-state index contributed by atoms with van der Waals surface area (Å²) in [7, 11) is 0. The van der Waals surface area contributed by atoms with E-state index < -0.39 is 0 Å². The second-order valence-electron chi connectivity index (χ2n) is 7.35. The third-order valence-corrected chi connectivity index (χ3v) is 5.63. The van der Waals surface area contributed by atoms with Crippen molar-refractivity contribution in [3.05, 3.63) is 75.5 Å². The molecule has 0 amide bonds. The molecular weight excluding hydrogens is 372 g/mol. The maximum atomic E-state index is 13.2. The number of fused-ring (bicyclic) bond motifs is 1. The lowest BCUT2D eigenvalue weighted by molar-refractivity contribution is 0.298. The number of hydrogen-bond donors (Lipinski definition) is 1. The predicted molar refractivity (Wildman–Crippen MR) is 114 cm³/mol. The zero-order valence-corrected chi connectivity index (χ0v) is 16.6. The van der Waals surface area contributed by atoms with Crippen LogP contribution in [-0.4, -0.2) is 17.2 Å². The Balaban J connectivity index is 1.58. The zero-order valence-electron chi connectivity index (χ0n) is 15.9. The molecule has 4 nitrogen and oxygen atoms in total. The summed E-state index contributed by atoms with van der Waals surface area (Å²) in [5.41, 5.74) is 1.66. The van der Waals surface area contributed by atoms with Gasteiger partial charge in [0.2, 0.25) is 0 Å². The van der Waals surface area contributed by atoms with Gasteiger partial charge in [-0.2, -0.15) is 0 Å². The summed E-state index contributed by atoms with van der Waals surface area (Å²) in [5, 5.41) is 5.20. The molecule has 1 fully saturated rings. The third-order valence-electron chi connectivity index (χ3n) is 5.40. The summed E-state index contributed by atoms with van der Waals surface area (Å²) < 4.78 is 7.60. The van der Waals surface area contributed by atoms with Crippen molar-refractivity contribution < 1.29 is 4.74 Å². The Bertz CT molecular complexity index is 995. The van der Waals surface area contributed by atoms with Gasteiger partial charge < -0.3 is 14.6 Å². The van der Waals surface area contributed by atoms with Crippen LogP contribution in [0.4, 0.5) is 0 Å². The average Bonchev–Trinajstić information content (AvgIpc) is 3.23. The highest BCUT2D eigenvalue weighted by atomic mass is 35.5. The lowest BCUT2D eigenvalue weighted by Crippen LogP contribution is -2.32. The summed E-state index contributed by atoms with van der Waals surface area (Å²) >= 11 is 6.20. The van der Waals surface area contributed by atoms with Crippen molar-refractivity contribution in [3.8, 4) is 5.75 Å². The largest absolute Gasteiger partial charge is 0.492 e. The molecule has 3 aromatic rings. The van der Waals surface area contributed by atoms with Crippen molar-refractivity contribution in [1.82, 2.24) is 9.88 Å². The number of aromatic nitrogens is 1. The van der Waals surface area contributed by atoms with Gasteiger partial charge in [-0.25, -0.2) is 0 Å². The minimum absolute atomic E-state index is 0.0249. The maximum Gasteiger partial charge on any atom is 0.255 e. The molecule has 0 unspecified atom stereocenters. The van der Waals surface area contributed by atoms with E-state index in [2.05, 4.69) is 5.32 Å². The zero-order chi connectivity index (χ0) is 19.3. The van der Waals surface area contributed by atoms with Crippen molar-refractivity contribution in [2.24, 2.45) is 0 Å². The molecule has 4 rings (SSSR count). The molecule has 1 aliphatic carbocycles. The SMILES string of the molecule is O=c1c(CNC2CCCC2)cc2ccc(Cl)cc2n1CCOc1ccccc1. The van der Waals surface area contributed by atoms with Crippen LogP contribution in [0.25, 0.3) is 10.9 Å². The minimum Gasteiger partial charge on any atom is -0.492 e. The van der Waals surface area contributed by atoms with Gasteiger partial charge >= 0.3 is 0 Å². The lowest BCUT2D eigenvalue weighted by atomic mass is 10.1. The van der Waals surface area contributed by atoms with Gasteiger partial charge in [-0.1, -0.05) is 48.7 Å². The van der Waals surface area contributed by atoms with E-state index >= 15 is 0 Å². The van der Waals surface area contributed by atoms with E-state index in [9.17, 15) is 4.79 Å². The number of nitrogens with zero attached hydrogens (tertiary/aromatic N) is 1. The molecule has 0 aliphatic heterocycles. The Morgan fingerprint density at radius 3 is 2.64 bits per heavy atom. The first-order chi connectivity index (χ1) is 13.7. The van der Waals surface area contributed by atoms with E-state index in [0.717, 1.165) is 22.2 Å². The number of benzene rings is 2. The van der Waals surface area contributed by atoms with Crippen LogP contribution in [0.15, 0.2) is 59.4 Å². The first kappa shape index (κ1) is 19.0. The number of nitrogens with one attached hydrogen (secondary N) is 1. The number of ether oxygens (including phenoxy) is 1. The quantitative estimate of drug-likeness (QED) is 0.625. The molecule has 1 N–H and O–H groups in total.